The largest absolute Gasteiger partial charge is 0.342 e. The van der Waals surface area contributed by atoms with Crippen LogP contribution in [0.25, 0.3) is 0 Å². The number of rotatable bonds is 9. The zero-order valence-corrected chi connectivity index (χ0v) is 20.3. The van der Waals surface area contributed by atoms with Gasteiger partial charge in [-0.1, -0.05) is 18.2 Å². The first-order valence-electron chi connectivity index (χ1n) is 11.9. The van der Waals surface area contributed by atoms with Crippen LogP contribution in [0.2, 0.25) is 0 Å². The average molecular weight is 485 g/mol. The van der Waals surface area contributed by atoms with E-state index in [0.29, 0.717) is 45.6 Å². The van der Waals surface area contributed by atoms with Gasteiger partial charge in [-0.25, -0.2) is 8.42 Å². The van der Waals surface area contributed by atoms with E-state index in [1.807, 2.05) is 21.9 Å². The van der Waals surface area contributed by atoms with E-state index >= 15 is 0 Å². The van der Waals surface area contributed by atoms with Crippen molar-refractivity contribution in [1.29, 1.82) is 0 Å². The fourth-order valence-corrected chi connectivity index (χ4v) is 5.88. The van der Waals surface area contributed by atoms with E-state index in [-0.39, 0.29) is 23.0 Å². The second-order valence-electron chi connectivity index (χ2n) is 8.99. The van der Waals surface area contributed by atoms with Gasteiger partial charge in [-0.15, -0.1) is 0 Å². The monoisotopic (exact) mass is 484 g/mol. The molecule has 34 heavy (non-hydrogen) atoms. The van der Waals surface area contributed by atoms with E-state index < -0.39 is 10.0 Å². The van der Waals surface area contributed by atoms with Gasteiger partial charge in [-0.3, -0.25) is 19.5 Å². The number of likely N-dealkylation sites (tertiary alicyclic amines) is 1. The molecule has 8 nitrogen and oxygen atoms in total. The standard InChI is InChI=1S/C25H32N4O4S/c30-23(8-5-22-4-3-11-26-19-22)18-21-6-9-24(10-7-21)34(32,33)29-16-14-27(15-17-29)20-25(31)28-12-1-2-13-28/h3-4,6-7,9-11,19H,1-2,5,8,12-18,20H2. The number of sulfonamides is 1. The molecule has 4 rings (SSSR count). The highest BCUT2D eigenvalue weighted by Crippen LogP contribution is 2.19. The Morgan fingerprint density at radius 1 is 0.882 bits per heavy atom. The Morgan fingerprint density at radius 3 is 2.24 bits per heavy atom. The Balaban J connectivity index is 1.26. The maximum atomic E-state index is 13.1. The fourth-order valence-electron chi connectivity index (χ4n) is 4.46. The zero-order chi connectivity index (χ0) is 24.0. The van der Waals surface area contributed by atoms with E-state index in [2.05, 4.69) is 4.98 Å². The fraction of sp³-hybridized carbons (Fsp3) is 0.480. The molecule has 2 aliphatic heterocycles. The number of Topliss-reactive ketones (excluding diaryl/α,β-unsaturated/α-hetero) is 1. The molecule has 1 aromatic heterocycles. The van der Waals surface area contributed by atoms with Crippen LogP contribution < -0.4 is 0 Å². The summed E-state index contributed by atoms with van der Waals surface area (Å²) < 4.78 is 27.6. The highest BCUT2D eigenvalue weighted by atomic mass is 32.2. The topological polar surface area (TPSA) is 90.9 Å². The molecular formula is C25H32N4O4S. The van der Waals surface area contributed by atoms with E-state index in [0.717, 1.165) is 37.1 Å². The molecule has 0 spiro atoms. The summed E-state index contributed by atoms with van der Waals surface area (Å²) in [4.78, 5) is 32.9. The van der Waals surface area contributed by atoms with Gasteiger partial charge in [0.25, 0.3) is 0 Å². The Morgan fingerprint density at radius 2 is 1.59 bits per heavy atom. The first-order chi connectivity index (χ1) is 16.4. The van der Waals surface area contributed by atoms with Crippen molar-refractivity contribution in [2.24, 2.45) is 0 Å². The van der Waals surface area contributed by atoms with Crippen LogP contribution in [0.1, 0.15) is 30.4 Å². The maximum Gasteiger partial charge on any atom is 0.243 e. The predicted molar refractivity (Wildman–Crippen MR) is 129 cm³/mol. The average Bonchev–Trinajstić information content (AvgIpc) is 3.40. The van der Waals surface area contributed by atoms with E-state index in [1.54, 1.807) is 36.7 Å². The SMILES string of the molecule is O=C(CCc1cccnc1)Cc1ccc(S(=O)(=O)N2CCN(CC(=O)N3CCCC3)CC2)cc1. The van der Waals surface area contributed by atoms with Crippen LogP contribution in [0.3, 0.4) is 0 Å². The minimum absolute atomic E-state index is 0.110. The molecule has 3 heterocycles. The molecule has 2 aliphatic rings. The summed E-state index contributed by atoms with van der Waals surface area (Å²) in [5.41, 5.74) is 1.83. The minimum Gasteiger partial charge on any atom is -0.342 e. The second-order valence-corrected chi connectivity index (χ2v) is 10.9. The van der Waals surface area contributed by atoms with E-state index in [1.165, 1.54) is 4.31 Å². The Bertz CT molecular complexity index is 1080. The Labute approximate surface area is 201 Å². The highest BCUT2D eigenvalue weighted by molar-refractivity contribution is 7.89. The predicted octanol–water partition coefficient (Wildman–Crippen LogP) is 1.75. The number of benzene rings is 1. The molecule has 0 unspecified atom stereocenters. The third-order valence-electron chi connectivity index (χ3n) is 6.53. The second kappa shape index (κ2) is 11.2. The lowest BCUT2D eigenvalue weighted by Gasteiger charge is -2.34. The number of hydrogen-bond acceptors (Lipinski definition) is 6. The van der Waals surface area contributed by atoms with Crippen LogP contribution >= 0.6 is 0 Å². The summed E-state index contributed by atoms with van der Waals surface area (Å²) >= 11 is 0. The molecule has 0 saturated carbocycles. The lowest BCUT2D eigenvalue weighted by atomic mass is 10.0. The molecular weight excluding hydrogens is 452 g/mol. The molecule has 2 fully saturated rings. The van der Waals surface area contributed by atoms with Crippen LogP contribution in [0, 0.1) is 0 Å². The van der Waals surface area contributed by atoms with Crippen LogP contribution in [-0.4, -0.2) is 85.0 Å². The summed E-state index contributed by atoms with van der Waals surface area (Å²) in [6.45, 7) is 3.84. The molecule has 1 amide bonds. The lowest BCUT2D eigenvalue weighted by molar-refractivity contribution is -0.131. The summed E-state index contributed by atoms with van der Waals surface area (Å²) in [7, 11) is -3.60. The number of hydrogen-bond donors (Lipinski definition) is 0. The van der Waals surface area contributed by atoms with Gasteiger partial charge in [0.05, 0.1) is 11.4 Å². The van der Waals surface area contributed by atoms with Crippen molar-refractivity contribution >= 4 is 21.7 Å². The van der Waals surface area contributed by atoms with E-state index in [4.69, 9.17) is 0 Å². The van der Waals surface area contributed by atoms with Crippen LogP contribution in [0.4, 0.5) is 0 Å². The quantitative estimate of drug-likeness (QED) is 0.539. The third-order valence-corrected chi connectivity index (χ3v) is 8.44. The van der Waals surface area contributed by atoms with Gasteiger partial charge in [0, 0.05) is 64.5 Å². The van der Waals surface area contributed by atoms with Crippen LogP contribution in [0.15, 0.2) is 53.7 Å². The van der Waals surface area contributed by atoms with Gasteiger partial charge in [-0.05, 0) is 48.6 Å². The van der Waals surface area contributed by atoms with Gasteiger partial charge in [0.15, 0.2) is 0 Å². The van der Waals surface area contributed by atoms with Crippen molar-refractivity contribution in [2.75, 3.05) is 45.8 Å². The number of piperazine rings is 1. The summed E-state index contributed by atoms with van der Waals surface area (Å²) in [5.74, 6) is 0.249. The normalized spacial score (nSPS) is 17.7. The number of amides is 1. The van der Waals surface area contributed by atoms with Gasteiger partial charge in [0.1, 0.15) is 5.78 Å². The van der Waals surface area contributed by atoms with Crippen molar-refractivity contribution in [3.05, 3.63) is 59.9 Å². The summed E-state index contributed by atoms with van der Waals surface area (Å²) in [6.07, 6.45) is 6.96. The molecule has 1 aromatic carbocycles. The maximum absolute atomic E-state index is 13.1. The number of pyridine rings is 1. The minimum atomic E-state index is -3.60. The Hall–Kier alpha value is -2.62. The van der Waals surface area contributed by atoms with Crippen molar-refractivity contribution in [2.45, 2.75) is 37.0 Å². The van der Waals surface area contributed by atoms with Crippen LogP contribution in [-0.2, 0) is 32.5 Å². The summed E-state index contributed by atoms with van der Waals surface area (Å²) in [6, 6.07) is 10.4. The molecule has 9 heteroatoms. The number of carbonyl (C=O) groups is 2. The van der Waals surface area contributed by atoms with Gasteiger partial charge < -0.3 is 4.90 Å². The first-order valence-corrected chi connectivity index (χ1v) is 13.4. The number of ketones is 1. The van der Waals surface area contributed by atoms with Crippen molar-refractivity contribution in [1.82, 2.24) is 19.1 Å². The molecule has 0 aliphatic carbocycles. The Kier molecular flexibility index (Phi) is 8.07. The molecule has 0 radical (unpaired) electrons. The van der Waals surface area contributed by atoms with Crippen molar-refractivity contribution < 1.29 is 18.0 Å². The number of carbonyl (C=O) groups excluding carboxylic acids is 2. The van der Waals surface area contributed by atoms with Crippen molar-refractivity contribution in [3.8, 4) is 0 Å². The number of aryl methyl sites for hydroxylation is 1. The first kappa shape index (κ1) is 24.5. The number of aromatic nitrogens is 1. The van der Waals surface area contributed by atoms with Gasteiger partial charge in [0.2, 0.25) is 15.9 Å². The lowest BCUT2D eigenvalue weighted by Crippen LogP contribution is -2.51. The molecule has 182 valence electrons. The molecule has 0 atom stereocenters. The van der Waals surface area contributed by atoms with Gasteiger partial charge >= 0.3 is 0 Å². The molecule has 0 N–H and O–H groups in total. The smallest absolute Gasteiger partial charge is 0.243 e. The highest BCUT2D eigenvalue weighted by Gasteiger charge is 2.30. The third kappa shape index (κ3) is 6.28. The molecule has 0 bridgehead atoms. The number of nitrogens with zero attached hydrogens (tertiary/aromatic N) is 4. The van der Waals surface area contributed by atoms with Crippen LogP contribution in [0.5, 0.6) is 0 Å². The zero-order valence-electron chi connectivity index (χ0n) is 19.4. The van der Waals surface area contributed by atoms with Crippen molar-refractivity contribution in [3.63, 3.8) is 0 Å². The van der Waals surface area contributed by atoms with E-state index in [9.17, 15) is 18.0 Å². The molecule has 2 aromatic rings. The molecule has 2 saturated heterocycles. The van der Waals surface area contributed by atoms with Gasteiger partial charge in [-0.2, -0.15) is 4.31 Å². The summed E-state index contributed by atoms with van der Waals surface area (Å²) in [5, 5.41) is 0.